The van der Waals surface area contributed by atoms with Crippen LogP contribution in [0.25, 0.3) is 48.1 Å². The van der Waals surface area contributed by atoms with Gasteiger partial charge < -0.3 is 15.1 Å². The van der Waals surface area contributed by atoms with Crippen molar-refractivity contribution in [1.29, 1.82) is 10.5 Å². The van der Waals surface area contributed by atoms with E-state index in [1.165, 1.54) is 17.0 Å². The minimum atomic E-state index is -1.26. The lowest BCUT2D eigenvalue weighted by molar-refractivity contribution is -0.133. The number of aliphatic carboxylic acids is 2. The summed E-state index contributed by atoms with van der Waals surface area (Å²) in [6, 6.07) is 57.8. The third-order valence-electron chi connectivity index (χ3n) is 9.77. The quantitative estimate of drug-likeness (QED) is 0.0635. The summed E-state index contributed by atoms with van der Waals surface area (Å²) in [5, 5.41) is 38.6. The van der Waals surface area contributed by atoms with Gasteiger partial charge in [-0.15, -0.1) is 11.3 Å². The fraction of sp³-hybridized carbons (Fsp3) is 0. The third kappa shape index (κ3) is 10.7. The summed E-state index contributed by atoms with van der Waals surface area (Å²) in [7, 11) is 0. The smallest absolute Gasteiger partial charge is 0.346 e. The number of anilines is 3. The Balaban J connectivity index is 1.16. The molecule has 0 unspecified atom stereocenters. The van der Waals surface area contributed by atoms with Gasteiger partial charge in [-0.3, -0.25) is 0 Å². The first-order valence-electron chi connectivity index (χ1n) is 19.4. The van der Waals surface area contributed by atoms with E-state index in [1.54, 1.807) is 47.7 Å². The first-order chi connectivity index (χ1) is 30.3. The maximum atomic E-state index is 11.2. The van der Waals surface area contributed by atoms with E-state index in [0.717, 1.165) is 56.0 Å². The molecule has 0 aliphatic heterocycles. The van der Waals surface area contributed by atoms with Crippen LogP contribution in [0, 0.1) is 22.7 Å². The highest BCUT2D eigenvalue weighted by atomic mass is 32.1. The van der Waals surface area contributed by atoms with Crippen LogP contribution in [-0.4, -0.2) is 22.2 Å². The highest BCUT2D eigenvalue weighted by Gasteiger charge is 2.14. The molecular formula is C54H37N3O4S. The number of hydrogen-bond donors (Lipinski definition) is 2. The lowest BCUT2D eigenvalue weighted by atomic mass is 10.0. The van der Waals surface area contributed by atoms with Crippen molar-refractivity contribution in [3.05, 3.63) is 230 Å². The second-order valence-electron chi connectivity index (χ2n) is 14.0. The van der Waals surface area contributed by atoms with Gasteiger partial charge in [0.05, 0.1) is 0 Å². The summed E-state index contributed by atoms with van der Waals surface area (Å²) in [5.41, 5.74) is 10.8. The van der Waals surface area contributed by atoms with Crippen molar-refractivity contribution >= 4 is 88.4 Å². The van der Waals surface area contributed by atoms with Gasteiger partial charge in [-0.2, -0.15) is 10.5 Å². The molecule has 0 spiro atoms. The lowest BCUT2D eigenvalue weighted by Gasteiger charge is -2.26. The largest absolute Gasteiger partial charge is 0.477 e. The zero-order chi connectivity index (χ0) is 43.3. The molecule has 7 rings (SSSR count). The number of carboxylic acid groups (broad SMARTS) is 2. The Morgan fingerprint density at radius 2 is 0.806 bits per heavy atom. The van der Waals surface area contributed by atoms with Crippen molar-refractivity contribution in [2.45, 2.75) is 0 Å². The Bertz CT molecular complexity index is 2770. The SMILES string of the molecule is N#C/C(=C\c1ccc(/C=C/c2ccc(N(c3ccc(/C=C/c4ccc(/C=C(\C#N)C(=O)O)cc4)cc3)c3ccc(/C=C(\c4ccccc4)c4cccs4)cc3)cc2)cc1)C(=O)O. The normalized spacial score (nSPS) is 11.9. The van der Waals surface area contributed by atoms with Gasteiger partial charge in [-0.25, -0.2) is 9.59 Å². The molecule has 8 heteroatoms. The highest BCUT2D eigenvalue weighted by molar-refractivity contribution is 7.11. The van der Waals surface area contributed by atoms with E-state index in [2.05, 4.69) is 126 Å². The molecule has 0 fully saturated rings. The van der Waals surface area contributed by atoms with Gasteiger partial charge in [0, 0.05) is 21.9 Å². The summed E-state index contributed by atoms with van der Waals surface area (Å²) >= 11 is 1.72. The Morgan fingerprint density at radius 1 is 0.452 bits per heavy atom. The summed E-state index contributed by atoms with van der Waals surface area (Å²) in [6.07, 6.45) is 12.9. The van der Waals surface area contributed by atoms with E-state index >= 15 is 0 Å². The molecular weight excluding hydrogens is 787 g/mol. The van der Waals surface area contributed by atoms with Gasteiger partial charge in [-0.05, 0) is 116 Å². The van der Waals surface area contributed by atoms with Crippen LogP contribution in [0.4, 0.5) is 17.1 Å². The van der Waals surface area contributed by atoms with Gasteiger partial charge in [0.2, 0.25) is 0 Å². The average Bonchev–Trinajstić information content (AvgIpc) is 3.85. The molecule has 62 heavy (non-hydrogen) atoms. The van der Waals surface area contributed by atoms with E-state index in [1.807, 2.05) is 54.6 Å². The maximum absolute atomic E-state index is 11.2. The molecule has 7 aromatic rings. The van der Waals surface area contributed by atoms with Crippen LogP contribution in [0.1, 0.15) is 49.4 Å². The lowest BCUT2D eigenvalue weighted by Crippen LogP contribution is -2.09. The van der Waals surface area contributed by atoms with Gasteiger partial charge in [0.25, 0.3) is 0 Å². The Hall–Kier alpha value is -8.56. The summed E-state index contributed by atoms with van der Waals surface area (Å²) in [4.78, 5) is 25.9. The van der Waals surface area contributed by atoms with Crippen molar-refractivity contribution in [2.75, 3.05) is 4.90 Å². The van der Waals surface area contributed by atoms with Crippen molar-refractivity contribution in [2.24, 2.45) is 0 Å². The molecule has 0 aliphatic rings. The molecule has 0 atom stereocenters. The first-order valence-corrected chi connectivity index (χ1v) is 20.3. The molecule has 7 nitrogen and oxygen atoms in total. The minimum absolute atomic E-state index is 0.319. The number of thiophene rings is 1. The zero-order valence-electron chi connectivity index (χ0n) is 33.2. The van der Waals surface area contributed by atoms with Crippen LogP contribution in [0.2, 0.25) is 0 Å². The van der Waals surface area contributed by atoms with Crippen LogP contribution >= 0.6 is 11.3 Å². The second-order valence-corrected chi connectivity index (χ2v) is 14.9. The monoisotopic (exact) mass is 823 g/mol. The van der Waals surface area contributed by atoms with Gasteiger partial charge in [-0.1, -0.05) is 146 Å². The molecule has 0 saturated heterocycles. The molecule has 298 valence electrons. The number of carbonyl (C=O) groups is 2. The Kier molecular flexibility index (Phi) is 13.4. The predicted octanol–water partition coefficient (Wildman–Crippen LogP) is 13.1. The van der Waals surface area contributed by atoms with Crippen LogP contribution in [0.5, 0.6) is 0 Å². The summed E-state index contributed by atoms with van der Waals surface area (Å²) < 4.78 is 0. The number of nitriles is 2. The molecule has 1 aromatic heterocycles. The summed E-state index contributed by atoms with van der Waals surface area (Å²) in [6.45, 7) is 0. The molecule has 0 aliphatic carbocycles. The van der Waals surface area contributed by atoms with Crippen LogP contribution < -0.4 is 4.90 Å². The fourth-order valence-corrected chi connectivity index (χ4v) is 7.32. The van der Waals surface area contributed by atoms with E-state index < -0.39 is 11.9 Å². The van der Waals surface area contributed by atoms with E-state index in [0.29, 0.717) is 11.1 Å². The molecule has 1 heterocycles. The zero-order valence-corrected chi connectivity index (χ0v) is 34.0. The number of hydrogen-bond acceptors (Lipinski definition) is 6. The number of nitrogens with zero attached hydrogens (tertiary/aromatic N) is 3. The molecule has 2 N–H and O–H groups in total. The van der Waals surface area contributed by atoms with Gasteiger partial charge in [0.1, 0.15) is 23.3 Å². The van der Waals surface area contributed by atoms with E-state index in [9.17, 15) is 9.59 Å². The Morgan fingerprint density at radius 3 is 1.16 bits per heavy atom. The molecule has 6 aromatic carbocycles. The highest BCUT2D eigenvalue weighted by Crippen LogP contribution is 2.36. The van der Waals surface area contributed by atoms with Crippen molar-refractivity contribution in [3.63, 3.8) is 0 Å². The molecule has 0 amide bonds. The average molecular weight is 824 g/mol. The van der Waals surface area contributed by atoms with E-state index in [4.69, 9.17) is 20.7 Å². The molecule has 0 radical (unpaired) electrons. The summed E-state index contributed by atoms with van der Waals surface area (Å²) in [5.74, 6) is -2.51. The first kappa shape index (κ1) is 41.6. The van der Waals surface area contributed by atoms with Gasteiger partial charge in [0.15, 0.2) is 0 Å². The van der Waals surface area contributed by atoms with Crippen LogP contribution in [-0.2, 0) is 9.59 Å². The number of benzene rings is 6. The van der Waals surface area contributed by atoms with Crippen molar-refractivity contribution < 1.29 is 19.8 Å². The number of rotatable bonds is 14. The Labute approximate surface area is 364 Å². The third-order valence-corrected chi connectivity index (χ3v) is 10.7. The van der Waals surface area contributed by atoms with Gasteiger partial charge >= 0.3 is 11.9 Å². The van der Waals surface area contributed by atoms with E-state index in [-0.39, 0.29) is 11.1 Å². The fourth-order valence-electron chi connectivity index (χ4n) is 6.56. The standard InChI is InChI=1S/C54H37N3O4S/c55-36-46(53(58)59)33-42-16-12-38(13-17-42)8-10-40-20-26-48(27-21-40)57(50-30-24-44(25-31-50)35-51(52-7-4-32-62-52)45-5-2-1-3-6-45)49-28-22-41(23-29-49)11-9-39-14-18-43(19-15-39)34-47(37-56)54(60)61/h1-35H,(H,58,59)(H,60,61)/b10-8+,11-9+,46-33+,47-34+,51-35+. The second kappa shape index (κ2) is 19.9. The van der Waals surface area contributed by atoms with Crippen LogP contribution in [0.15, 0.2) is 180 Å². The van der Waals surface area contributed by atoms with Crippen LogP contribution in [0.3, 0.4) is 0 Å². The predicted molar refractivity (Wildman–Crippen MR) is 252 cm³/mol. The van der Waals surface area contributed by atoms with Crippen molar-refractivity contribution in [3.8, 4) is 12.1 Å². The molecule has 0 saturated carbocycles. The maximum Gasteiger partial charge on any atom is 0.346 e. The topological polar surface area (TPSA) is 125 Å². The molecule has 0 bridgehead atoms. The number of carboxylic acids is 2. The minimum Gasteiger partial charge on any atom is -0.477 e. The van der Waals surface area contributed by atoms with Crippen molar-refractivity contribution in [1.82, 2.24) is 0 Å².